The van der Waals surface area contributed by atoms with Crippen molar-refractivity contribution in [1.82, 2.24) is 9.80 Å². The zero-order valence-electron chi connectivity index (χ0n) is 17.4. The van der Waals surface area contributed by atoms with Crippen LogP contribution in [-0.2, 0) is 9.47 Å². The molecule has 2 amide bonds. The number of ether oxygens (including phenoxy) is 2. The lowest BCUT2D eigenvalue weighted by Gasteiger charge is -2.36. The second-order valence-electron chi connectivity index (χ2n) is 7.94. The van der Waals surface area contributed by atoms with Crippen molar-refractivity contribution in [2.24, 2.45) is 0 Å². The Kier molecular flexibility index (Phi) is 7.22. The van der Waals surface area contributed by atoms with E-state index in [0.717, 1.165) is 19.4 Å². The largest absolute Gasteiger partial charge is 0.376 e. The van der Waals surface area contributed by atoms with Crippen LogP contribution in [0.3, 0.4) is 0 Å². The van der Waals surface area contributed by atoms with E-state index in [0.29, 0.717) is 48.9 Å². The summed E-state index contributed by atoms with van der Waals surface area (Å²) < 4.78 is 11.7. The van der Waals surface area contributed by atoms with E-state index in [-0.39, 0.29) is 24.0 Å². The molecule has 2 fully saturated rings. The summed E-state index contributed by atoms with van der Waals surface area (Å²) in [5, 5.41) is 0.440. The van der Waals surface area contributed by atoms with Gasteiger partial charge in [-0.05, 0) is 37.1 Å². The Morgan fingerprint density at radius 3 is 2.42 bits per heavy atom. The maximum absolute atomic E-state index is 13.2. The standard InChI is InChI=1S/C24H27ClN2O4/c25-22-11-5-4-10-21(22)24(29)26-12-14-31-20(16-26)17-27(15-19-9-6-13-30-19)23(28)18-7-2-1-3-8-18/h1-5,7-8,10-11,19-20H,6,9,12-17H2/t19-,20+/m0/s1. The van der Waals surface area contributed by atoms with Crippen molar-refractivity contribution in [2.45, 2.75) is 25.0 Å². The summed E-state index contributed by atoms with van der Waals surface area (Å²) in [6.45, 7) is 2.99. The fourth-order valence-electron chi connectivity index (χ4n) is 4.10. The maximum Gasteiger partial charge on any atom is 0.255 e. The van der Waals surface area contributed by atoms with Gasteiger partial charge in [0.05, 0.1) is 29.4 Å². The van der Waals surface area contributed by atoms with Crippen LogP contribution in [0, 0.1) is 0 Å². The van der Waals surface area contributed by atoms with Crippen LogP contribution in [0.25, 0.3) is 0 Å². The van der Waals surface area contributed by atoms with E-state index in [1.165, 1.54) is 0 Å². The van der Waals surface area contributed by atoms with Crippen molar-refractivity contribution >= 4 is 23.4 Å². The molecule has 0 unspecified atom stereocenters. The molecule has 0 aliphatic carbocycles. The van der Waals surface area contributed by atoms with Gasteiger partial charge in [-0.15, -0.1) is 0 Å². The molecule has 0 aromatic heterocycles. The number of hydrogen-bond acceptors (Lipinski definition) is 4. The molecule has 31 heavy (non-hydrogen) atoms. The Balaban J connectivity index is 1.46. The van der Waals surface area contributed by atoms with Crippen LogP contribution in [0.2, 0.25) is 5.02 Å². The van der Waals surface area contributed by atoms with Crippen molar-refractivity contribution in [3.63, 3.8) is 0 Å². The first-order valence-corrected chi connectivity index (χ1v) is 11.1. The fourth-order valence-corrected chi connectivity index (χ4v) is 4.32. The van der Waals surface area contributed by atoms with Crippen molar-refractivity contribution in [3.05, 3.63) is 70.7 Å². The highest BCUT2D eigenvalue weighted by Crippen LogP contribution is 2.20. The minimum absolute atomic E-state index is 0.0390. The first-order chi connectivity index (χ1) is 15.1. The van der Waals surface area contributed by atoms with E-state index in [4.69, 9.17) is 21.1 Å². The third kappa shape index (κ3) is 5.45. The molecule has 0 N–H and O–H groups in total. The van der Waals surface area contributed by atoms with Gasteiger partial charge < -0.3 is 19.3 Å². The topological polar surface area (TPSA) is 59.1 Å². The summed E-state index contributed by atoms with van der Waals surface area (Å²) in [6.07, 6.45) is 1.73. The number of halogens is 1. The number of benzene rings is 2. The molecule has 0 saturated carbocycles. The van der Waals surface area contributed by atoms with E-state index < -0.39 is 0 Å². The molecule has 2 heterocycles. The Labute approximate surface area is 187 Å². The van der Waals surface area contributed by atoms with Crippen LogP contribution in [0.4, 0.5) is 0 Å². The average Bonchev–Trinajstić information content (AvgIpc) is 3.32. The molecular formula is C24H27ClN2O4. The summed E-state index contributed by atoms with van der Waals surface area (Å²) in [5.41, 5.74) is 1.13. The van der Waals surface area contributed by atoms with Gasteiger partial charge in [0, 0.05) is 38.3 Å². The molecule has 2 saturated heterocycles. The van der Waals surface area contributed by atoms with Crippen LogP contribution in [0.5, 0.6) is 0 Å². The predicted octanol–water partition coefficient (Wildman–Crippen LogP) is 3.50. The summed E-state index contributed by atoms with van der Waals surface area (Å²) >= 11 is 6.22. The normalized spacial score (nSPS) is 21.1. The monoisotopic (exact) mass is 442 g/mol. The molecule has 0 bridgehead atoms. The SMILES string of the molecule is O=C(c1ccccc1)N(C[C@@H]1CCCO1)C[C@H]1CN(C(=O)c2ccccc2Cl)CCO1. The Bertz CT molecular complexity index is 901. The van der Waals surface area contributed by atoms with Gasteiger partial charge in [0.15, 0.2) is 0 Å². The molecule has 6 nitrogen and oxygen atoms in total. The summed E-state index contributed by atoms with van der Waals surface area (Å²) in [7, 11) is 0. The zero-order valence-corrected chi connectivity index (χ0v) is 18.2. The van der Waals surface area contributed by atoms with Crippen LogP contribution in [0.15, 0.2) is 54.6 Å². The number of carbonyl (C=O) groups excluding carboxylic acids is 2. The lowest BCUT2D eigenvalue weighted by molar-refractivity contribution is -0.0375. The highest BCUT2D eigenvalue weighted by atomic mass is 35.5. The third-order valence-electron chi connectivity index (χ3n) is 5.71. The Hall–Kier alpha value is -2.41. The number of carbonyl (C=O) groups is 2. The zero-order chi connectivity index (χ0) is 21.6. The molecule has 4 rings (SSSR count). The minimum Gasteiger partial charge on any atom is -0.376 e. The van der Waals surface area contributed by atoms with Gasteiger partial charge in [0.25, 0.3) is 11.8 Å². The Morgan fingerprint density at radius 2 is 1.68 bits per heavy atom. The van der Waals surface area contributed by atoms with Gasteiger partial charge in [-0.2, -0.15) is 0 Å². The second-order valence-corrected chi connectivity index (χ2v) is 8.34. The van der Waals surface area contributed by atoms with E-state index in [2.05, 4.69) is 0 Å². The fraction of sp³-hybridized carbons (Fsp3) is 0.417. The number of hydrogen-bond donors (Lipinski definition) is 0. The highest BCUT2D eigenvalue weighted by Gasteiger charge is 2.30. The quantitative estimate of drug-likeness (QED) is 0.687. The smallest absolute Gasteiger partial charge is 0.255 e. The lowest BCUT2D eigenvalue weighted by Crippen LogP contribution is -2.51. The predicted molar refractivity (Wildman–Crippen MR) is 118 cm³/mol. The third-order valence-corrected chi connectivity index (χ3v) is 6.04. The average molecular weight is 443 g/mol. The van der Waals surface area contributed by atoms with Crippen molar-refractivity contribution in [2.75, 3.05) is 39.4 Å². The molecule has 2 aliphatic rings. The van der Waals surface area contributed by atoms with Crippen LogP contribution in [0.1, 0.15) is 33.6 Å². The maximum atomic E-state index is 13.2. The summed E-state index contributed by atoms with van der Waals surface area (Å²) in [6, 6.07) is 16.3. The number of nitrogens with zero attached hydrogens (tertiary/aromatic N) is 2. The van der Waals surface area contributed by atoms with E-state index in [1.807, 2.05) is 30.3 Å². The molecular weight excluding hydrogens is 416 g/mol. The van der Waals surface area contributed by atoms with Gasteiger partial charge >= 0.3 is 0 Å². The van der Waals surface area contributed by atoms with Gasteiger partial charge in [0.2, 0.25) is 0 Å². The number of amides is 2. The van der Waals surface area contributed by atoms with Crippen LogP contribution < -0.4 is 0 Å². The Morgan fingerprint density at radius 1 is 0.968 bits per heavy atom. The van der Waals surface area contributed by atoms with Gasteiger partial charge in [-0.1, -0.05) is 41.9 Å². The molecule has 2 aromatic rings. The van der Waals surface area contributed by atoms with Gasteiger partial charge in [0.1, 0.15) is 0 Å². The molecule has 2 aliphatic heterocycles. The molecule has 7 heteroatoms. The number of morpholine rings is 1. The van der Waals surface area contributed by atoms with Crippen molar-refractivity contribution < 1.29 is 19.1 Å². The van der Waals surface area contributed by atoms with E-state index in [9.17, 15) is 9.59 Å². The molecule has 2 atom stereocenters. The highest BCUT2D eigenvalue weighted by molar-refractivity contribution is 6.33. The van der Waals surface area contributed by atoms with Gasteiger partial charge in [-0.25, -0.2) is 0 Å². The second kappa shape index (κ2) is 10.3. The van der Waals surface area contributed by atoms with Crippen LogP contribution >= 0.6 is 11.6 Å². The minimum atomic E-state index is -0.269. The molecule has 0 spiro atoms. The summed E-state index contributed by atoms with van der Waals surface area (Å²) in [5.74, 6) is -0.159. The van der Waals surface area contributed by atoms with E-state index in [1.54, 1.807) is 34.1 Å². The molecule has 0 radical (unpaired) electrons. The first-order valence-electron chi connectivity index (χ1n) is 10.7. The summed E-state index contributed by atoms with van der Waals surface area (Å²) in [4.78, 5) is 29.7. The van der Waals surface area contributed by atoms with E-state index >= 15 is 0 Å². The van der Waals surface area contributed by atoms with Crippen molar-refractivity contribution in [1.29, 1.82) is 0 Å². The number of rotatable bonds is 6. The van der Waals surface area contributed by atoms with Gasteiger partial charge in [-0.3, -0.25) is 9.59 Å². The van der Waals surface area contributed by atoms with Crippen molar-refractivity contribution in [3.8, 4) is 0 Å². The molecule has 164 valence electrons. The van der Waals surface area contributed by atoms with Crippen LogP contribution in [-0.4, -0.2) is 73.2 Å². The molecule has 2 aromatic carbocycles. The lowest BCUT2D eigenvalue weighted by atomic mass is 10.1. The first kappa shape index (κ1) is 21.8.